The molecule has 0 aliphatic rings. The van der Waals surface area contributed by atoms with E-state index < -0.39 is 11.6 Å². The number of ketones is 1. The Morgan fingerprint density at radius 1 is 0.962 bits per heavy atom. The van der Waals surface area contributed by atoms with E-state index in [1.807, 2.05) is 0 Å². The van der Waals surface area contributed by atoms with Gasteiger partial charge in [-0.1, -0.05) is 12.1 Å². The van der Waals surface area contributed by atoms with Crippen LogP contribution in [0.5, 0.6) is 0 Å². The normalized spacial score (nSPS) is 10.8. The summed E-state index contributed by atoms with van der Waals surface area (Å²) in [6.45, 7) is 0. The fourth-order valence-electron chi connectivity index (χ4n) is 2.64. The minimum absolute atomic E-state index is 0.0152. The fraction of sp³-hybridized carbons (Fsp3) is 0. The van der Waals surface area contributed by atoms with Crippen LogP contribution in [0.25, 0.3) is 11.0 Å². The van der Waals surface area contributed by atoms with Crippen LogP contribution in [0, 0.1) is 5.82 Å². The van der Waals surface area contributed by atoms with Gasteiger partial charge in [0.25, 0.3) is 5.91 Å². The first-order valence-corrected chi connectivity index (χ1v) is 8.73. The maximum atomic E-state index is 13.1. The molecule has 0 aliphatic carbocycles. The zero-order chi connectivity index (χ0) is 18.1. The number of halogens is 1. The molecule has 0 spiro atoms. The van der Waals surface area contributed by atoms with Crippen molar-refractivity contribution in [3.05, 3.63) is 88.1 Å². The number of thiophene rings is 1. The molecule has 128 valence electrons. The third kappa shape index (κ3) is 2.91. The van der Waals surface area contributed by atoms with Gasteiger partial charge in [-0.05, 0) is 47.8 Å². The van der Waals surface area contributed by atoms with Gasteiger partial charge in [0.2, 0.25) is 5.78 Å². The van der Waals surface area contributed by atoms with E-state index in [-0.39, 0.29) is 17.2 Å². The summed E-state index contributed by atoms with van der Waals surface area (Å²) in [6.07, 6.45) is 0. The number of hydrogen-bond acceptors (Lipinski definition) is 4. The summed E-state index contributed by atoms with van der Waals surface area (Å²) in [6, 6.07) is 13.9. The Kier molecular flexibility index (Phi) is 4.10. The van der Waals surface area contributed by atoms with Crippen LogP contribution in [0.15, 0.2) is 69.8 Å². The van der Waals surface area contributed by atoms with E-state index in [0.717, 1.165) is 0 Å². The van der Waals surface area contributed by atoms with Gasteiger partial charge in [0.15, 0.2) is 5.76 Å². The van der Waals surface area contributed by atoms with Crippen molar-refractivity contribution in [1.82, 2.24) is 0 Å². The molecule has 26 heavy (non-hydrogen) atoms. The first-order chi connectivity index (χ1) is 12.6. The van der Waals surface area contributed by atoms with Crippen molar-refractivity contribution in [2.24, 2.45) is 0 Å². The summed E-state index contributed by atoms with van der Waals surface area (Å²) < 4.78 is 18.8. The second-order valence-corrected chi connectivity index (χ2v) is 6.38. The van der Waals surface area contributed by atoms with Gasteiger partial charge >= 0.3 is 0 Å². The van der Waals surface area contributed by atoms with Gasteiger partial charge in [0, 0.05) is 16.3 Å². The van der Waals surface area contributed by atoms with Crippen LogP contribution in [0.1, 0.15) is 26.5 Å². The van der Waals surface area contributed by atoms with Crippen LogP contribution in [0.2, 0.25) is 0 Å². The van der Waals surface area contributed by atoms with Gasteiger partial charge in [0.1, 0.15) is 11.4 Å². The van der Waals surface area contributed by atoms with Gasteiger partial charge in [-0.15, -0.1) is 0 Å². The van der Waals surface area contributed by atoms with Gasteiger partial charge < -0.3 is 9.73 Å². The Balaban J connectivity index is 1.80. The molecule has 4 rings (SSSR count). The molecular formula is C20H12FNO3S. The van der Waals surface area contributed by atoms with Crippen LogP contribution in [0.3, 0.4) is 0 Å². The summed E-state index contributed by atoms with van der Waals surface area (Å²) in [5.74, 6) is -1.17. The number of para-hydroxylation sites is 1. The maximum Gasteiger partial charge on any atom is 0.256 e. The summed E-state index contributed by atoms with van der Waals surface area (Å²) >= 11 is 1.41. The minimum atomic E-state index is -0.433. The fourth-order valence-corrected chi connectivity index (χ4v) is 3.28. The predicted octanol–water partition coefficient (Wildman–Crippen LogP) is 5.12. The first kappa shape index (κ1) is 16.2. The van der Waals surface area contributed by atoms with Crippen molar-refractivity contribution in [2.75, 3.05) is 5.32 Å². The Morgan fingerprint density at radius 2 is 1.73 bits per heavy atom. The number of amides is 1. The highest BCUT2D eigenvalue weighted by molar-refractivity contribution is 7.08. The summed E-state index contributed by atoms with van der Waals surface area (Å²) in [5, 5.41) is 6.92. The second kappa shape index (κ2) is 6.57. The van der Waals surface area contributed by atoms with E-state index >= 15 is 0 Å². The lowest BCUT2D eigenvalue weighted by atomic mass is 10.1. The van der Waals surface area contributed by atoms with E-state index in [1.54, 1.807) is 41.1 Å². The molecule has 6 heteroatoms. The molecule has 0 bridgehead atoms. The van der Waals surface area contributed by atoms with Crippen molar-refractivity contribution in [3.63, 3.8) is 0 Å². The van der Waals surface area contributed by atoms with E-state index in [1.165, 1.54) is 35.6 Å². The second-order valence-electron chi connectivity index (χ2n) is 5.60. The minimum Gasteiger partial charge on any atom is -0.450 e. The first-order valence-electron chi connectivity index (χ1n) is 7.79. The molecule has 0 atom stereocenters. The maximum absolute atomic E-state index is 13.1. The molecule has 2 aromatic heterocycles. The highest BCUT2D eigenvalue weighted by Gasteiger charge is 2.23. The molecule has 0 fully saturated rings. The largest absolute Gasteiger partial charge is 0.450 e. The topological polar surface area (TPSA) is 59.3 Å². The Morgan fingerprint density at radius 3 is 2.46 bits per heavy atom. The van der Waals surface area contributed by atoms with Gasteiger partial charge in [-0.2, -0.15) is 11.3 Å². The van der Waals surface area contributed by atoms with E-state index in [4.69, 9.17) is 4.42 Å². The lowest BCUT2D eigenvalue weighted by Crippen LogP contribution is -2.13. The van der Waals surface area contributed by atoms with Crippen molar-refractivity contribution in [1.29, 1.82) is 0 Å². The lowest BCUT2D eigenvalue weighted by Gasteiger charge is -2.05. The molecule has 2 heterocycles. The molecule has 0 radical (unpaired) electrons. The van der Waals surface area contributed by atoms with Crippen LogP contribution in [-0.4, -0.2) is 11.7 Å². The van der Waals surface area contributed by atoms with Crippen LogP contribution in [0.4, 0.5) is 10.1 Å². The summed E-state index contributed by atoms with van der Waals surface area (Å²) in [4.78, 5) is 25.3. The summed E-state index contributed by atoms with van der Waals surface area (Å²) in [5.41, 5.74) is 1.57. The standard InChI is InChI=1S/C20H12FNO3S/c21-14-7-5-12(6-8-14)18(23)19-17(15-3-1-2-4-16(15)25-19)22-20(24)13-9-10-26-11-13/h1-11H,(H,22,24). The monoisotopic (exact) mass is 365 g/mol. The van der Waals surface area contributed by atoms with Gasteiger partial charge in [0.05, 0.1) is 11.3 Å². The lowest BCUT2D eigenvalue weighted by molar-refractivity contribution is 0.101. The third-order valence-electron chi connectivity index (χ3n) is 3.93. The number of fused-ring (bicyclic) bond motifs is 1. The molecule has 4 nitrogen and oxygen atoms in total. The number of carbonyl (C=O) groups is 2. The predicted molar refractivity (Wildman–Crippen MR) is 98.3 cm³/mol. The Labute approximate surface area is 151 Å². The number of anilines is 1. The third-order valence-corrected chi connectivity index (χ3v) is 4.61. The number of benzene rings is 2. The average Bonchev–Trinajstić information content (AvgIpc) is 3.30. The van der Waals surface area contributed by atoms with E-state index in [9.17, 15) is 14.0 Å². The number of hydrogen-bond donors (Lipinski definition) is 1. The molecule has 1 N–H and O–H groups in total. The Hall–Kier alpha value is -3.25. The smallest absolute Gasteiger partial charge is 0.256 e. The van der Waals surface area contributed by atoms with Gasteiger partial charge in [-0.25, -0.2) is 4.39 Å². The van der Waals surface area contributed by atoms with Crippen molar-refractivity contribution < 1.29 is 18.4 Å². The summed E-state index contributed by atoms with van der Waals surface area (Å²) in [7, 11) is 0. The number of furan rings is 1. The molecular weight excluding hydrogens is 353 g/mol. The molecule has 4 aromatic rings. The number of rotatable bonds is 4. The Bertz CT molecular complexity index is 1100. The highest BCUT2D eigenvalue weighted by Crippen LogP contribution is 2.33. The molecule has 0 aliphatic heterocycles. The van der Waals surface area contributed by atoms with Crippen molar-refractivity contribution in [2.45, 2.75) is 0 Å². The van der Waals surface area contributed by atoms with Gasteiger partial charge in [-0.3, -0.25) is 9.59 Å². The highest BCUT2D eigenvalue weighted by atomic mass is 32.1. The SMILES string of the molecule is O=C(Nc1c(C(=O)c2ccc(F)cc2)oc2ccccc12)c1ccsc1. The molecule has 1 amide bonds. The zero-order valence-electron chi connectivity index (χ0n) is 13.4. The number of carbonyl (C=O) groups excluding carboxylic acids is 2. The van der Waals surface area contributed by atoms with E-state index in [2.05, 4.69) is 5.32 Å². The molecule has 0 unspecified atom stereocenters. The van der Waals surface area contributed by atoms with Crippen molar-refractivity contribution >= 4 is 39.7 Å². The molecule has 0 saturated heterocycles. The van der Waals surface area contributed by atoms with Crippen LogP contribution in [-0.2, 0) is 0 Å². The average molecular weight is 365 g/mol. The van der Waals surface area contributed by atoms with Crippen molar-refractivity contribution in [3.8, 4) is 0 Å². The van der Waals surface area contributed by atoms with Crippen LogP contribution < -0.4 is 5.32 Å². The molecule has 0 saturated carbocycles. The van der Waals surface area contributed by atoms with E-state index in [0.29, 0.717) is 22.2 Å². The number of nitrogens with one attached hydrogen (secondary N) is 1. The van der Waals surface area contributed by atoms with Crippen LogP contribution >= 0.6 is 11.3 Å². The quantitative estimate of drug-likeness (QED) is 0.511. The zero-order valence-corrected chi connectivity index (χ0v) is 14.2. The molecule has 2 aromatic carbocycles.